The van der Waals surface area contributed by atoms with Crippen molar-refractivity contribution in [2.24, 2.45) is 11.3 Å². The lowest BCUT2D eigenvalue weighted by Crippen LogP contribution is -2.53. The number of halogens is 1. The molecular formula is C29H36FN5O2S2. The molecule has 7 nitrogen and oxygen atoms in total. The van der Waals surface area contributed by atoms with Crippen LogP contribution in [-0.2, 0) is 10.0 Å². The van der Waals surface area contributed by atoms with E-state index in [0.717, 1.165) is 34.1 Å². The van der Waals surface area contributed by atoms with Gasteiger partial charge in [-0.2, -0.15) is 4.31 Å². The molecule has 0 bridgehead atoms. The van der Waals surface area contributed by atoms with Crippen LogP contribution in [0.4, 0.5) is 15.8 Å². The zero-order valence-corrected chi connectivity index (χ0v) is 24.5. The third-order valence-electron chi connectivity index (χ3n) is 7.91. The number of thiazole rings is 1. The standard InChI is InChI=1S/C29H36FN5O2S2/c1-19-11-26(33-24-7-5-23(30)6-8-24)22(15-31)12-25(19)27-17-35(39(36,37)28-18-38-20(2)32-28)10-9-34(27)16-21-13-29(3,4)14-21/h5-8,11-12,15,18,21,27,31,33H,9-10,13-14,16-17H2,1-4H3/t27-/m0/s1. The average Bonchev–Trinajstić information content (AvgIpc) is 3.32. The van der Waals surface area contributed by atoms with Crippen LogP contribution in [0.1, 0.15) is 54.4 Å². The molecule has 1 aliphatic heterocycles. The number of sulfonamides is 1. The summed E-state index contributed by atoms with van der Waals surface area (Å²) < 4.78 is 42.0. The number of aryl methyl sites for hydroxylation is 2. The van der Waals surface area contributed by atoms with Crippen LogP contribution in [0.3, 0.4) is 0 Å². The molecule has 39 heavy (non-hydrogen) atoms. The first-order valence-corrected chi connectivity index (χ1v) is 15.6. The normalized spacial score (nSPS) is 20.5. The van der Waals surface area contributed by atoms with Crippen molar-refractivity contribution >= 4 is 38.9 Å². The topological polar surface area (TPSA) is 89.4 Å². The van der Waals surface area contributed by atoms with Crippen molar-refractivity contribution in [3.05, 3.63) is 69.3 Å². The number of anilines is 2. The summed E-state index contributed by atoms with van der Waals surface area (Å²) in [6, 6.07) is 9.98. The van der Waals surface area contributed by atoms with Crippen molar-refractivity contribution in [2.45, 2.75) is 51.6 Å². The smallest absolute Gasteiger partial charge is 0.261 e. The van der Waals surface area contributed by atoms with Gasteiger partial charge in [-0.05, 0) is 85.5 Å². The number of hydrogen-bond donors (Lipinski definition) is 2. The number of nitrogens with zero attached hydrogens (tertiary/aromatic N) is 3. The lowest BCUT2D eigenvalue weighted by Gasteiger charge is -2.48. The first-order valence-electron chi connectivity index (χ1n) is 13.3. The fraction of sp³-hybridized carbons (Fsp3) is 0.448. The molecule has 2 fully saturated rings. The van der Waals surface area contributed by atoms with Gasteiger partial charge in [0.1, 0.15) is 5.82 Å². The molecule has 2 N–H and O–H groups in total. The Morgan fingerprint density at radius 3 is 2.51 bits per heavy atom. The highest BCUT2D eigenvalue weighted by Crippen LogP contribution is 2.46. The van der Waals surface area contributed by atoms with Crippen molar-refractivity contribution in [3.63, 3.8) is 0 Å². The van der Waals surface area contributed by atoms with Gasteiger partial charge in [-0.1, -0.05) is 13.8 Å². The summed E-state index contributed by atoms with van der Waals surface area (Å²) in [6.45, 7) is 10.8. The minimum absolute atomic E-state index is 0.119. The zero-order chi connectivity index (χ0) is 27.9. The van der Waals surface area contributed by atoms with Crippen molar-refractivity contribution in [2.75, 3.05) is 31.5 Å². The maximum Gasteiger partial charge on any atom is 0.261 e. The largest absolute Gasteiger partial charge is 0.355 e. The molecular weight excluding hydrogens is 533 g/mol. The maximum absolute atomic E-state index is 13.5. The van der Waals surface area contributed by atoms with E-state index in [2.05, 4.69) is 29.0 Å². The van der Waals surface area contributed by atoms with E-state index in [9.17, 15) is 12.8 Å². The first kappa shape index (κ1) is 27.9. The fourth-order valence-corrected chi connectivity index (χ4v) is 8.44. The Morgan fingerprint density at radius 2 is 1.90 bits per heavy atom. The molecule has 1 atom stereocenters. The van der Waals surface area contributed by atoms with E-state index in [1.807, 2.05) is 26.0 Å². The highest BCUT2D eigenvalue weighted by Gasteiger charge is 2.41. The van der Waals surface area contributed by atoms with E-state index in [4.69, 9.17) is 5.41 Å². The lowest BCUT2D eigenvalue weighted by molar-refractivity contribution is 0.0267. The number of hydrogen-bond acceptors (Lipinski definition) is 7. The van der Waals surface area contributed by atoms with Crippen LogP contribution in [0.15, 0.2) is 46.8 Å². The maximum atomic E-state index is 13.5. The Kier molecular flexibility index (Phi) is 7.67. The second-order valence-corrected chi connectivity index (χ2v) is 14.5. The molecule has 10 heteroatoms. The SMILES string of the molecule is Cc1nc(S(=O)(=O)N2CCN(CC3CC(C)(C)C3)[C@H](c3cc(C=N)c(Nc4ccc(F)cc4)cc3C)C2)cs1. The number of aromatic nitrogens is 1. The molecule has 1 aliphatic carbocycles. The Labute approximate surface area is 234 Å². The van der Waals surface area contributed by atoms with Gasteiger partial charge in [-0.3, -0.25) is 4.90 Å². The summed E-state index contributed by atoms with van der Waals surface area (Å²) >= 11 is 1.34. The Hall–Kier alpha value is -2.66. The van der Waals surface area contributed by atoms with Gasteiger partial charge in [0.15, 0.2) is 5.03 Å². The van der Waals surface area contributed by atoms with Gasteiger partial charge in [0.25, 0.3) is 10.0 Å². The summed E-state index contributed by atoms with van der Waals surface area (Å²) in [5.41, 5.74) is 4.58. The number of rotatable bonds is 8. The number of benzene rings is 2. The molecule has 3 aromatic rings. The summed E-state index contributed by atoms with van der Waals surface area (Å²) in [7, 11) is -3.71. The molecule has 1 saturated carbocycles. The van der Waals surface area contributed by atoms with E-state index in [-0.39, 0.29) is 16.9 Å². The Balaban J connectivity index is 1.47. The first-order chi connectivity index (χ1) is 18.4. The summed E-state index contributed by atoms with van der Waals surface area (Å²) in [5, 5.41) is 13.9. The van der Waals surface area contributed by atoms with Crippen LogP contribution in [0.2, 0.25) is 0 Å². The third kappa shape index (κ3) is 5.94. The quantitative estimate of drug-likeness (QED) is 0.319. The van der Waals surface area contributed by atoms with E-state index in [1.165, 1.54) is 42.5 Å². The second kappa shape index (κ2) is 10.7. The molecule has 2 aliphatic rings. The minimum atomic E-state index is -3.71. The summed E-state index contributed by atoms with van der Waals surface area (Å²) in [5.74, 6) is 0.285. The highest BCUT2D eigenvalue weighted by atomic mass is 32.2. The van der Waals surface area contributed by atoms with E-state index in [1.54, 1.807) is 21.8 Å². The molecule has 1 aromatic heterocycles. The summed E-state index contributed by atoms with van der Waals surface area (Å²) in [6.07, 6.45) is 3.65. The fourth-order valence-electron chi connectivity index (χ4n) is 6.10. The van der Waals surface area contributed by atoms with Gasteiger partial charge >= 0.3 is 0 Å². The number of nitrogens with one attached hydrogen (secondary N) is 2. The minimum Gasteiger partial charge on any atom is -0.355 e. The molecule has 1 saturated heterocycles. The number of piperazine rings is 1. The van der Waals surface area contributed by atoms with Crippen LogP contribution >= 0.6 is 11.3 Å². The highest BCUT2D eigenvalue weighted by molar-refractivity contribution is 7.89. The van der Waals surface area contributed by atoms with Crippen molar-refractivity contribution < 1.29 is 12.8 Å². The predicted molar refractivity (Wildman–Crippen MR) is 155 cm³/mol. The van der Waals surface area contributed by atoms with Crippen LogP contribution in [0.5, 0.6) is 0 Å². The van der Waals surface area contributed by atoms with Gasteiger partial charge < -0.3 is 10.7 Å². The van der Waals surface area contributed by atoms with Gasteiger partial charge in [-0.25, -0.2) is 17.8 Å². The van der Waals surface area contributed by atoms with Crippen LogP contribution < -0.4 is 5.32 Å². The van der Waals surface area contributed by atoms with Crippen LogP contribution in [0, 0.1) is 36.4 Å². The zero-order valence-electron chi connectivity index (χ0n) is 22.9. The molecule has 0 unspecified atom stereocenters. The second-order valence-electron chi connectivity index (χ2n) is 11.6. The van der Waals surface area contributed by atoms with Crippen LogP contribution in [0.25, 0.3) is 0 Å². The van der Waals surface area contributed by atoms with E-state index < -0.39 is 10.0 Å². The van der Waals surface area contributed by atoms with Crippen molar-refractivity contribution in [1.29, 1.82) is 5.41 Å². The predicted octanol–water partition coefficient (Wildman–Crippen LogP) is 6.12. The van der Waals surface area contributed by atoms with Crippen molar-refractivity contribution in [3.8, 4) is 0 Å². The monoisotopic (exact) mass is 569 g/mol. The molecule has 0 spiro atoms. The molecule has 0 amide bonds. The average molecular weight is 570 g/mol. The van der Waals surface area contributed by atoms with Crippen LogP contribution in [-0.4, -0.2) is 55.0 Å². The summed E-state index contributed by atoms with van der Waals surface area (Å²) in [4.78, 5) is 6.71. The van der Waals surface area contributed by atoms with Gasteiger partial charge in [0, 0.05) is 60.8 Å². The third-order valence-corrected chi connectivity index (χ3v) is 10.6. The van der Waals surface area contributed by atoms with Crippen molar-refractivity contribution in [1.82, 2.24) is 14.2 Å². The van der Waals surface area contributed by atoms with Gasteiger partial charge in [-0.15, -0.1) is 11.3 Å². The van der Waals surface area contributed by atoms with Gasteiger partial charge in [0.2, 0.25) is 0 Å². The molecule has 5 rings (SSSR count). The lowest BCUT2D eigenvalue weighted by atomic mass is 9.64. The molecule has 0 radical (unpaired) electrons. The Bertz CT molecular complexity index is 1460. The Morgan fingerprint density at radius 1 is 1.18 bits per heavy atom. The van der Waals surface area contributed by atoms with E-state index in [0.29, 0.717) is 36.5 Å². The molecule has 2 aromatic carbocycles. The van der Waals surface area contributed by atoms with E-state index >= 15 is 0 Å². The molecule has 208 valence electrons. The molecule has 2 heterocycles. The van der Waals surface area contributed by atoms with Gasteiger partial charge in [0.05, 0.1) is 5.01 Å².